The topological polar surface area (TPSA) is 74.1 Å². The fraction of sp³-hybridized carbons (Fsp3) is 0.370. The van der Waals surface area contributed by atoms with Crippen LogP contribution in [0.3, 0.4) is 0 Å². The minimum atomic E-state index is -0.592. The number of carbonyl (C=O) groups excluding carboxylic acids is 1. The number of rotatable bonds is 6. The Labute approximate surface area is 212 Å². The average Bonchev–Trinajstić information content (AvgIpc) is 3.15. The van der Waals surface area contributed by atoms with E-state index in [2.05, 4.69) is 10.2 Å². The summed E-state index contributed by atoms with van der Waals surface area (Å²) in [4.78, 5) is 41.9. The number of amides is 1. The number of hydrogen-bond acceptors (Lipinski definition) is 5. The summed E-state index contributed by atoms with van der Waals surface area (Å²) in [7, 11) is 5.61. The molecule has 9 heteroatoms. The second kappa shape index (κ2) is 9.33. The number of nitrogens with one attached hydrogen (secondary N) is 1. The Hall–Kier alpha value is -3.23. The van der Waals surface area contributed by atoms with E-state index in [0.29, 0.717) is 34.2 Å². The molecule has 188 valence electrons. The van der Waals surface area contributed by atoms with Gasteiger partial charge in [0, 0.05) is 38.1 Å². The van der Waals surface area contributed by atoms with Gasteiger partial charge in [0.2, 0.25) is 0 Å². The summed E-state index contributed by atoms with van der Waals surface area (Å²) >= 11 is 6.53. The van der Waals surface area contributed by atoms with Crippen LogP contribution in [-0.2, 0) is 6.54 Å². The van der Waals surface area contributed by atoms with Gasteiger partial charge in [-0.1, -0.05) is 36.6 Å². The van der Waals surface area contributed by atoms with Gasteiger partial charge in [0.15, 0.2) is 0 Å². The van der Waals surface area contributed by atoms with Crippen LogP contribution in [0, 0.1) is 5.82 Å². The van der Waals surface area contributed by atoms with Crippen LogP contribution in [0.1, 0.15) is 41.6 Å². The van der Waals surface area contributed by atoms with Crippen LogP contribution in [0.5, 0.6) is 0 Å². The second-order valence-electron chi connectivity index (χ2n) is 9.88. The predicted octanol–water partition coefficient (Wildman–Crippen LogP) is 3.72. The second-order valence-corrected chi connectivity index (χ2v) is 10.3. The van der Waals surface area contributed by atoms with Crippen molar-refractivity contribution in [2.45, 2.75) is 44.3 Å². The highest BCUT2D eigenvalue weighted by atomic mass is 35.5. The van der Waals surface area contributed by atoms with Gasteiger partial charge in [-0.2, -0.15) is 0 Å². The van der Waals surface area contributed by atoms with Crippen molar-refractivity contribution >= 4 is 39.6 Å². The van der Waals surface area contributed by atoms with E-state index in [-0.39, 0.29) is 28.8 Å². The zero-order valence-electron chi connectivity index (χ0n) is 20.5. The van der Waals surface area contributed by atoms with Crippen LogP contribution in [-0.4, -0.2) is 48.4 Å². The van der Waals surface area contributed by atoms with Crippen molar-refractivity contribution in [2.24, 2.45) is 0 Å². The summed E-state index contributed by atoms with van der Waals surface area (Å²) in [5, 5.41) is 4.05. The SMILES string of the molecule is CN(C)c1c2cc(C(=O)NC3CCCCC3N(C)Cc3ccc(F)cc3)c(Cl)cc2n2c(=O)c(=O)c12. The zero-order chi connectivity index (χ0) is 25.7. The number of halogens is 2. The molecule has 36 heavy (non-hydrogen) atoms. The van der Waals surface area contributed by atoms with Crippen LogP contribution < -0.4 is 21.2 Å². The summed E-state index contributed by atoms with van der Waals surface area (Å²) in [6.07, 6.45) is 3.87. The first-order chi connectivity index (χ1) is 17.2. The lowest BCUT2D eigenvalue weighted by Crippen LogP contribution is -2.52. The molecule has 1 amide bonds. The van der Waals surface area contributed by atoms with Crippen molar-refractivity contribution in [1.29, 1.82) is 0 Å². The van der Waals surface area contributed by atoms with E-state index < -0.39 is 11.0 Å². The van der Waals surface area contributed by atoms with Gasteiger partial charge in [-0.25, -0.2) is 4.39 Å². The molecule has 0 aliphatic heterocycles. The molecule has 1 aliphatic rings. The largest absolute Gasteiger partial charge is 0.375 e. The Morgan fingerprint density at radius 3 is 2.50 bits per heavy atom. The molecule has 1 aliphatic carbocycles. The smallest absolute Gasteiger partial charge is 0.305 e. The van der Waals surface area contributed by atoms with Gasteiger partial charge in [0.05, 0.1) is 21.8 Å². The molecule has 0 saturated heterocycles. The molecule has 2 atom stereocenters. The van der Waals surface area contributed by atoms with Crippen molar-refractivity contribution in [2.75, 3.05) is 26.0 Å². The third-order valence-electron chi connectivity index (χ3n) is 7.29. The number of benzene rings is 2. The lowest BCUT2D eigenvalue weighted by atomic mass is 9.88. The number of nitrogens with zero attached hydrogens (tertiary/aromatic N) is 3. The van der Waals surface area contributed by atoms with E-state index >= 15 is 0 Å². The van der Waals surface area contributed by atoms with Crippen LogP contribution >= 0.6 is 11.6 Å². The molecular weight excluding hydrogens is 483 g/mol. The third kappa shape index (κ3) is 4.08. The van der Waals surface area contributed by atoms with E-state index in [1.165, 1.54) is 16.5 Å². The highest BCUT2D eigenvalue weighted by molar-refractivity contribution is 6.35. The molecule has 7 nitrogen and oxygen atoms in total. The standard InChI is InChI=1S/C27H28ClFN4O3/c1-31(2)23-18-12-17(19(28)13-22(18)33-24(23)25(34)27(33)36)26(35)30-20-6-4-5-7-21(20)32(3)14-15-8-10-16(29)11-9-15/h8-13,20-21H,4-7,14H2,1-3H3,(H,30,35). The van der Waals surface area contributed by atoms with E-state index in [9.17, 15) is 18.8 Å². The number of carbonyl (C=O) groups is 1. The normalized spacial score (nSPS) is 18.4. The summed E-state index contributed by atoms with van der Waals surface area (Å²) in [6.45, 7) is 0.647. The predicted molar refractivity (Wildman–Crippen MR) is 141 cm³/mol. The van der Waals surface area contributed by atoms with Crippen molar-refractivity contribution in [3.8, 4) is 0 Å². The molecule has 0 radical (unpaired) electrons. The number of hydrogen-bond donors (Lipinski definition) is 1. The van der Waals surface area contributed by atoms with E-state index in [4.69, 9.17) is 11.6 Å². The number of fused-ring (bicyclic) bond motifs is 3. The van der Waals surface area contributed by atoms with Gasteiger partial charge < -0.3 is 10.2 Å². The Morgan fingerprint density at radius 2 is 1.81 bits per heavy atom. The van der Waals surface area contributed by atoms with Crippen molar-refractivity contribution in [1.82, 2.24) is 14.6 Å². The fourth-order valence-corrected chi connectivity index (χ4v) is 5.78. The van der Waals surface area contributed by atoms with Gasteiger partial charge in [-0.3, -0.25) is 23.7 Å². The Balaban J connectivity index is 1.42. The molecule has 2 unspecified atom stereocenters. The molecular formula is C27H28ClFN4O3. The minimum Gasteiger partial charge on any atom is -0.375 e. The molecule has 0 spiro atoms. The quantitative estimate of drug-likeness (QED) is 0.400. The molecule has 0 bridgehead atoms. The Bertz CT molecular complexity index is 1540. The molecule has 1 N–H and O–H groups in total. The Kier molecular flexibility index (Phi) is 6.34. The maximum atomic E-state index is 13.4. The summed E-state index contributed by atoms with van der Waals surface area (Å²) < 4.78 is 14.7. The Morgan fingerprint density at radius 1 is 1.11 bits per heavy atom. The van der Waals surface area contributed by atoms with E-state index in [1.807, 2.05) is 7.05 Å². The molecule has 5 rings (SSSR count). The summed E-state index contributed by atoms with van der Waals surface area (Å²) in [5.74, 6) is -0.549. The molecule has 1 saturated carbocycles. The average molecular weight is 511 g/mol. The van der Waals surface area contributed by atoms with Crippen LogP contribution in [0.4, 0.5) is 10.1 Å². The first-order valence-electron chi connectivity index (χ1n) is 12.1. The first-order valence-corrected chi connectivity index (χ1v) is 12.4. The van der Waals surface area contributed by atoms with Gasteiger partial charge in [-0.05, 0) is 49.7 Å². The van der Waals surface area contributed by atoms with E-state index in [1.54, 1.807) is 43.3 Å². The van der Waals surface area contributed by atoms with Crippen LogP contribution in [0.25, 0.3) is 16.4 Å². The fourth-order valence-electron chi connectivity index (χ4n) is 5.54. The lowest BCUT2D eigenvalue weighted by molar-refractivity contribution is 0.0858. The third-order valence-corrected chi connectivity index (χ3v) is 7.60. The zero-order valence-corrected chi connectivity index (χ0v) is 21.2. The maximum absolute atomic E-state index is 13.4. The van der Waals surface area contributed by atoms with Crippen molar-refractivity contribution in [3.05, 3.63) is 78.9 Å². The molecule has 1 fully saturated rings. The van der Waals surface area contributed by atoms with Gasteiger partial charge in [0.25, 0.3) is 11.3 Å². The first kappa shape index (κ1) is 24.5. The maximum Gasteiger partial charge on any atom is 0.305 e. The van der Waals surface area contributed by atoms with Gasteiger partial charge in [-0.15, -0.1) is 0 Å². The number of anilines is 1. The lowest BCUT2D eigenvalue weighted by Gasteiger charge is -2.38. The van der Waals surface area contributed by atoms with Crippen molar-refractivity contribution < 1.29 is 9.18 Å². The van der Waals surface area contributed by atoms with Crippen LogP contribution in [0.15, 0.2) is 46.0 Å². The highest BCUT2D eigenvalue weighted by Gasteiger charge is 2.31. The van der Waals surface area contributed by atoms with Gasteiger partial charge >= 0.3 is 5.56 Å². The summed E-state index contributed by atoms with van der Waals surface area (Å²) in [6, 6.07) is 9.79. The van der Waals surface area contributed by atoms with Crippen LogP contribution in [0.2, 0.25) is 5.02 Å². The number of likely N-dealkylation sites (N-methyl/N-ethyl adjacent to an activating group) is 1. The monoisotopic (exact) mass is 510 g/mol. The summed E-state index contributed by atoms with van der Waals surface area (Å²) in [5.41, 5.74) is 1.64. The van der Waals surface area contributed by atoms with Gasteiger partial charge in [0.1, 0.15) is 11.3 Å². The highest BCUT2D eigenvalue weighted by Crippen LogP contribution is 2.35. The molecule has 2 heterocycles. The van der Waals surface area contributed by atoms with E-state index in [0.717, 1.165) is 31.2 Å². The minimum absolute atomic E-state index is 0.0734. The number of aromatic nitrogens is 1. The molecule has 2 aromatic carbocycles. The molecule has 2 aromatic heterocycles. The molecule has 4 aromatic rings. The van der Waals surface area contributed by atoms with Crippen molar-refractivity contribution in [3.63, 3.8) is 0 Å².